The second kappa shape index (κ2) is 5.61. The zero-order valence-electron chi connectivity index (χ0n) is 12.8. The van der Waals surface area contributed by atoms with Crippen molar-refractivity contribution in [3.8, 4) is 0 Å². The molecule has 3 rings (SSSR count). The third kappa shape index (κ3) is 2.62. The van der Waals surface area contributed by atoms with Crippen LogP contribution in [-0.2, 0) is 0 Å². The number of para-hydroxylation sites is 1. The molecule has 0 bridgehead atoms. The number of furan rings is 1. The van der Waals surface area contributed by atoms with E-state index in [9.17, 15) is 0 Å². The fourth-order valence-corrected chi connectivity index (χ4v) is 3.46. The summed E-state index contributed by atoms with van der Waals surface area (Å²) in [7, 11) is 0. The molecule has 1 aliphatic carbocycles. The lowest BCUT2D eigenvalue weighted by Crippen LogP contribution is -2.34. The van der Waals surface area contributed by atoms with E-state index in [1.165, 1.54) is 36.6 Å². The second-order valence-corrected chi connectivity index (χ2v) is 6.43. The smallest absolute Gasteiger partial charge is 0.134 e. The normalized spacial score (nSPS) is 24.9. The van der Waals surface area contributed by atoms with Gasteiger partial charge < -0.3 is 9.73 Å². The highest BCUT2D eigenvalue weighted by Gasteiger charge is 2.22. The van der Waals surface area contributed by atoms with Gasteiger partial charge in [0, 0.05) is 11.4 Å². The summed E-state index contributed by atoms with van der Waals surface area (Å²) in [6.45, 7) is 6.76. The molecule has 0 amide bonds. The van der Waals surface area contributed by atoms with Gasteiger partial charge in [-0.25, -0.2) is 0 Å². The summed E-state index contributed by atoms with van der Waals surface area (Å²) in [5.41, 5.74) is 2.29. The fourth-order valence-electron chi connectivity index (χ4n) is 3.46. The van der Waals surface area contributed by atoms with Crippen molar-refractivity contribution in [1.82, 2.24) is 5.32 Å². The van der Waals surface area contributed by atoms with E-state index < -0.39 is 0 Å². The first-order valence-corrected chi connectivity index (χ1v) is 7.89. The fraction of sp³-hybridized carbons (Fsp3) is 0.556. The van der Waals surface area contributed by atoms with Gasteiger partial charge in [-0.2, -0.15) is 0 Å². The Balaban J connectivity index is 1.75. The highest BCUT2D eigenvalue weighted by Crippen LogP contribution is 2.31. The van der Waals surface area contributed by atoms with Gasteiger partial charge in [-0.05, 0) is 57.1 Å². The first-order chi connectivity index (χ1) is 9.65. The summed E-state index contributed by atoms with van der Waals surface area (Å²) in [5, 5.41) is 5.01. The molecule has 1 unspecified atom stereocenters. The van der Waals surface area contributed by atoms with E-state index in [1.54, 1.807) is 0 Å². The summed E-state index contributed by atoms with van der Waals surface area (Å²) in [5.74, 6) is 2.00. The van der Waals surface area contributed by atoms with Crippen LogP contribution in [-0.4, -0.2) is 6.04 Å². The maximum absolute atomic E-state index is 6.06. The van der Waals surface area contributed by atoms with Gasteiger partial charge in [0.05, 0.1) is 6.04 Å². The summed E-state index contributed by atoms with van der Waals surface area (Å²) in [6.07, 6.45) is 5.29. The first kappa shape index (κ1) is 13.7. The lowest BCUT2D eigenvalue weighted by molar-refractivity contribution is 0.281. The quantitative estimate of drug-likeness (QED) is 0.852. The molecular formula is C18H25NO. The molecule has 1 heterocycles. The summed E-state index contributed by atoms with van der Waals surface area (Å²) < 4.78 is 6.06. The van der Waals surface area contributed by atoms with Crippen molar-refractivity contribution in [3.05, 3.63) is 35.6 Å². The van der Waals surface area contributed by atoms with E-state index in [0.717, 1.165) is 17.3 Å². The number of aryl methyl sites for hydroxylation is 1. The molecule has 1 atom stereocenters. The van der Waals surface area contributed by atoms with Crippen molar-refractivity contribution in [3.63, 3.8) is 0 Å². The molecule has 0 spiro atoms. The maximum atomic E-state index is 6.06. The summed E-state index contributed by atoms with van der Waals surface area (Å²) in [4.78, 5) is 0. The molecule has 2 aromatic rings. The van der Waals surface area contributed by atoms with Crippen molar-refractivity contribution in [2.75, 3.05) is 0 Å². The summed E-state index contributed by atoms with van der Waals surface area (Å²) in [6, 6.07) is 9.26. The average Bonchev–Trinajstić information content (AvgIpc) is 2.79. The van der Waals surface area contributed by atoms with Gasteiger partial charge in [0.25, 0.3) is 0 Å². The SMILES string of the molecule is Cc1c(C(C)NC2CCC(C)CC2)oc2ccccc12. The Bertz CT molecular complexity index is 578. The predicted molar refractivity (Wildman–Crippen MR) is 83.9 cm³/mol. The maximum Gasteiger partial charge on any atom is 0.134 e. The van der Waals surface area contributed by atoms with Crippen molar-refractivity contribution in [1.29, 1.82) is 0 Å². The van der Waals surface area contributed by atoms with Gasteiger partial charge in [0.2, 0.25) is 0 Å². The van der Waals surface area contributed by atoms with Gasteiger partial charge in [-0.15, -0.1) is 0 Å². The van der Waals surface area contributed by atoms with Crippen LogP contribution in [0.25, 0.3) is 11.0 Å². The Labute approximate surface area is 121 Å². The molecule has 1 fully saturated rings. The van der Waals surface area contributed by atoms with Crippen molar-refractivity contribution >= 4 is 11.0 Å². The summed E-state index contributed by atoms with van der Waals surface area (Å²) >= 11 is 0. The molecule has 108 valence electrons. The van der Waals surface area contributed by atoms with Crippen molar-refractivity contribution < 1.29 is 4.42 Å². The molecule has 1 N–H and O–H groups in total. The standard InChI is InChI=1S/C18H25NO/c1-12-8-10-15(11-9-12)19-14(3)18-13(2)16-6-4-5-7-17(16)20-18/h4-7,12,14-15,19H,8-11H2,1-3H3. The Hall–Kier alpha value is -1.28. The van der Waals surface area contributed by atoms with Gasteiger partial charge in [-0.3, -0.25) is 0 Å². The molecule has 1 aliphatic rings. The van der Waals surface area contributed by atoms with Gasteiger partial charge in [0.1, 0.15) is 11.3 Å². The topological polar surface area (TPSA) is 25.2 Å². The predicted octanol–water partition coefficient (Wildman–Crippen LogP) is 4.97. The molecule has 1 aromatic carbocycles. The van der Waals surface area contributed by atoms with Gasteiger partial charge in [0.15, 0.2) is 0 Å². The van der Waals surface area contributed by atoms with E-state index in [-0.39, 0.29) is 0 Å². The molecule has 1 aromatic heterocycles. The zero-order chi connectivity index (χ0) is 14.1. The largest absolute Gasteiger partial charge is 0.459 e. The molecule has 1 saturated carbocycles. The highest BCUT2D eigenvalue weighted by molar-refractivity contribution is 5.82. The second-order valence-electron chi connectivity index (χ2n) is 6.43. The van der Waals surface area contributed by atoms with Crippen LogP contribution in [0, 0.1) is 12.8 Å². The monoisotopic (exact) mass is 271 g/mol. The number of benzene rings is 1. The lowest BCUT2D eigenvalue weighted by atomic mass is 9.87. The lowest BCUT2D eigenvalue weighted by Gasteiger charge is -2.29. The minimum atomic E-state index is 0.292. The Morgan fingerprint density at radius 3 is 2.55 bits per heavy atom. The van der Waals surface area contributed by atoms with Crippen LogP contribution in [0.4, 0.5) is 0 Å². The van der Waals surface area contributed by atoms with Crippen LogP contribution in [0.5, 0.6) is 0 Å². The molecule has 2 heteroatoms. The van der Waals surface area contributed by atoms with E-state index in [1.807, 2.05) is 6.07 Å². The molecule has 2 nitrogen and oxygen atoms in total. The van der Waals surface area contributed by atoms with Crippen LogP contribution < -0.4 is 5.32 Å². The number of hydrogen-bond acceptors (Lipinski definition) is 2. The number of hydrogen-bond donors (Lipinski definition) is 1. The van der Waals surface area contributed by atoms with E-state index >= 15 is 0 Å². The van der Waals surface area contributed by atoms with Gasteiger partial charge in [-0.1, -0.05) is 25.1 Å². The third-order valence-corrected chi connectivity index (χ3v) is 4.78. The van der Waals surface area contributed by atoms with Crippen LogP contribution in [0.15, 0.2) is 28.7 Å². The first-order valence-electron chi connectivity index (χ1n) is 7.89. The molecule has 0 aliphatic heterocycles. The average molecular weight is 271 g/mol. The van der Waals surface area contributed by atoms with E-state index in [0.29, 0.717) is 12.1 Å². The molecular weight excluding hydrogens is 246 g/mol. The molecule has 0 saturated heterocycles. The Morgan fingerprint density at radius 1 is 1.15 bits per heavy atom. The van der Waals surface area contributed by atoms with Crippen LogP contribution in [0.2, 0.25) is 0 Å². The number of nitrogens with one attached hydrogen (secondary N) is 1. The third-order valence-electron chi connectivity index (χ3n) is 4.78. The number of rotatable bonds is 3. The van der Waals surface area contributed by atoms with E-state index in [4.69, 9.17) is 4.42 Å². The van der Waals surface area contributed by atoms with Gasteiger partial charge >= 0.3 is 0 Å². The van der Waals surface area contributed by atoms with Crippen molar-refractivity contribution in [2.45, 2.75) is 58.5 Å². The van der Waals surface area contributed by atoms with E-state index in [2.05, 4.69) is 44.3 Å². The van der Waals surface area contributed by atoms with Crippen LogP contribution >= 0.6 is 0 Å². The van der Waals surface area contributed by atoms with Crippen molar-refractivity contribution in [2.24, 2.45) is 5.92 Å². The minimum absolute atomic E-state index is 0.292. The minimum Gasteiger partial charge on any atom is -0.459 e. The van der Waals surface area contributed by atoms with Crippen LogP contribution in [0.1, 0.15) is 56.9 Å². The Morgan fingerprint density at radius 2 is 1.85 bits per heavy atom. The zero-order valence-corrected chi connectivity index (χ0v) is 12.8. The van der Waals surface area contributed by atoms with Crippen LogP contribution in [0.3, 0.4) is 0 Å². The highest BCUT2D eigenvalue weighted by atomic mass is 16.3. The number of fused-ring (bicyclic) bond motifs is 1. The molecule has 20 heavy (non-hydrogen) atoms. The Kier molecular flexibility index (Phi) is 3.84. The molecule has 0 radical (unpaired) electrons.